The summed E-state index contributed by atoms with van der Waals surface area (Å²) in [5.41, 5.74) is 0.471. The van der Waals surface area contributed by atoms with E-state index >= 15 is 0 Å². The largest absolute Gasteiger partial charge is 0.485 e. The SMILES string of the molecule is CCOC(=O)c1ccc(OCc2noc(-c3ccco3)n2)cc1. The molecule has 7 heteroatoms. The van der Waals surface area contributed by atoms with Crippen molar-refractivity contribution in [3.63, 3.8) is 0 Å². The first kappa shape index (κ1) is 14.8. The summed E-state index contributed by atoms with van der Waals surface area (Å²) < 4.78 is 20.7. The van der Waals surface area contributed by atoms with Crippen LogP contribution in [0.25, 0.3) is 11.7 Å². The third-order valence-corrected chi connectivity index (χ3v) is 2.93. The smallest absolute Gasteiger partial charge is 0.338 e. The van der Waals surface area contributed by atoms with Crippen LogP contribution in [0.1, 0.15) is 23.1 Å². The Labute approximate surface area is 131 Å². The zero-order valence-corrected chi connectivity index (χ0v) is 12.4. The van der Waals surface area contributed by atoms with Crippen LogP contribution >= 0.6 is 0 Å². The number of carbonyl (C=O) groups is 1. The van der Waals surface area contributed by atoms with Gasteiger partial charge in [0.15, 0.2) is 12.4 Å². The third-order valence-electron chi connectivity index (χ3n) is 2.93. The zero-order valence-electron chi connectivity index (χ0n) is 12.4. The predicted octanol–water partition coefficient (Wildman–Crippen LogP) is 3.09. The van der Waals surface area contributed by atoms with Gasteiger partial charge in [0.25, 0.3) is 5.89 Å². The van der Waals surface area contributed by atoms with E-state index in [1.165, 1.54) is 6.26 Å². The molecular weight excluding hydrogens is 300 g/mol. The van der Waals surface area contributed by atoms with Crippen molar-refractivity contribution in [1.82, 2.24) is 10.1 Å². The minimum Gasteiger partial charge on any atom is -0.485 e. The van der Waals surface area contributed by atoms with Gasteiger partial charge in [0, 0.05) is 0 Å². The summed E-state index contributed by atoms with van der Waals surface area (Å²) in [5, 5.41) is 3.81. The first-order valence-corrected chi connectivity index (χ1v) is 7.02. The predicted molar refractivity (Wildman–Crippen MR) is 78.7 cm³/mol. The first-order chi connectivity index (χ1) is 11.3. The van der Waals surface area contributed by atoms with Crippen LogP contribution in [0.5, 0.6) is 5.75 Å². The number of ether oxygens (including phenoxy) is 2. The Hall–Kier alpha value is -3.09. The first-order valence-electron chi connectivity index (χ1n) is 7.02. The summed E-state index contributed by atoms with van der Waals surface area (Å²) >= 11 is 0. The van der Waals surface area contributed by atoms with Crippen molar-refractivity contribution in [2.45, 2.75) is 13.5 Å². The highest BCUT2D eigenvalue weighted by Gasteiger charge is 2.12. The van der Waals surface area contributed by atoms with Crippen LogP contribution in [0.2, 0.25) is 0 Å². The zero-order chi connectivity index (χ0) is 16.1. The van der Waals surface area contributed by atoms with E-state index in [4.69, 9.17) is 18.4 Å². The van der Waals surface area contributed by atoms with Crippen LogP contribution in [0.15, 0.2) is 51.6 Å². The summed E-state index contributed by atoms with van der Waals surface area (Å²) in [7, 11) is 0. The molecule has 118 valence electrons. The summed E-state index contributed by atoms with van der Waals surface area (Å²) in [4.78, 5) is 15.7. The van der Waals surface area contributed by atoms with Gasteiger partial charge < -0.3 is 18.4 Å². The van der Waals surface area contributed by atoms with Crippen molar-refractivity contribution in [2.75, 3.05) is 6.61 Å². The summed E-state index contributed by atoms with van der Waals surface area (Å²) in [6, 6.07) is 10.1. The Morgan fingerprint density at radius 2 is 2.04 bits per heavy atom. The number of hydrogen-bond donors (Lipinski definition) is 0. The minimum absolute atomic E-state index is 0.142. The lowest BCUT2D eigenvalue weighted by atomic mass is 10.2. The fourth-order valence-electron chi connectivity index (χ4n) is 1.86. The van der Waals surface area contributed by atoms with E-state index in [1.54, 1.807) is 43.3 Å². The fraction of sp³-hybridized carbons (Fsp3) is 0.188. The Morgan fingerprint density at radius 3 is 2.74 bits per heavy atom. The molecule has 7 nitrogen and oxygen atoms in total. The number of nitrogens with zero attached hydrogens (tertiary/aromatic N) is 2. The van der Waals surface area contributed by atoms with Gasteiger partial charge in [-0.3, -0.25) is 0 Å². The molecule has 0 unspecified atom stereocenters. The molecule has 23 heavy (non-hydrogen) atoms. The maximum Gasteiger partial charge on any atom is 0.338 e. The van der Waals surface area contributed by atoms with E-state index in [9.17, 15) is 4.79 Å². The van der Waals surface area contributed by atoms with E-state index < -0.39 is 0 Å². The lowest BCUT2D eigenvalue weighted by Gasteiger charge is -2.05. The Bertz CT molecular complexity index is 762. The second kappa shape index (κ2) is 6.78. The van der Waals surface area contributed by atoms with Crippen molar-refractivity contribution in [3.8, 4) is 17.4 Å². The number of aromatic nitrogens is 2. The van der Waals surface area contributed by atoms with Crippen molar-refractivity contribution in [1.29, 1.82) is 0 Å². The number of benzene rings is 1. The van der Waals surface area contributed by atoms with Gasteiger partial charge in [-0.2, -0.15) is 4.98 Å². The Morgan fingerprint density at radius 1 is 1.22 bits per heavy atom. The molecule has 0 fully saturated rings. The molecule has 0 radical (unpaired) electrons. The molecule has 0 atom stereocenters. The third kappa shape index (κ3) is 3.57. The number of hydrogen-bond acceptors (Lipinski definition) is 7. The average molecular weight is 314 g/mol. The number of furan rings is 1. The van der Waals surface area contributed by atoms with Crippen LogP contribution < -0.4 is 4.74 Å². The van der Waals surface area contributed by atoms with E-state index in [1.807, 2.05) is 0 Å². The van der Waals surface area contributed by atoms with E-state index in [0.717, 1.165) is 0 Å². The second-order valence-electron chi connectivity index (χ2n) is 4.53. The van der Waals surface area contributed by atoms with Gasteiger partial charge in [-0.25, -0.2) is 4.79 Å². The van der Waals surface area contributed by atoms with Gasteiger partial charge >= 0.3 is 5.97 Å². The molecule has 3 rings (SSSR count). The van der Waals surface area contributed by atoms with E-state index in [2.05, 4.69) is 10.1 Å². The maximum absolute atomic E-state index is 11.5. The standard InChI is InChI=1S/C16H14N2O5/c1-2-20-16(19)11-5-7-12(8-6-11)22-10-14-17-15(23-18-14)13-4-3-9-21-13/h3-9H,2,10H2,1H3. The maximum atomic E-state index is 11.5. The molecule has 0 aliphatic carbocycles. The van der Waals surface area contributed by atoms with Gasteiger partial charge in [-0.15, -0.1) is 0 Å². The summed E-state index contributed by atoms with van der Waals surface area (Å²) in [6.07, 6.45) is 1.53. The molecule has 0 aliphatic heterocycles. The van der Waals surface area contributed by atoms with Crippen molar-refractivity contribution >= 4 is 5.97 Å². The van der Waals surface area contributed by atoms with Crippen molar-refractivity contribution in [3.05, 3.63) is 54.0 Å². The second-order valence-corrected chi connectivity index (χ2v) is 4.53. The van der Waals surface area contributed by atoms with Crippen LogP contribution in [0.4, 0.5) is 0 Å². The highest BCUT2D eigenvalue weighted by Crippen LogP contribution is 2.18. The van der Waals surface area contributed by atoms with Crippen LogP contribution in [0, 0.1) is 0 Å². The molecule has 2 aromatic heterocycles. The molecule has 0 saturated heterocycles. The number of esters is 1. The Balaban J connectivity index is 1.59. The molecule has 0 aliphatic rings. The highest BCUT2D eigenvalue weighted by atomic mass is 16.5. The lowest BCUT2D eigenvalue weighted by Crippen LogP contribution is -2.04. The van der Waals surface area contributed by atoms with Gasteiger partial charge in [0.1, 0.15) is 5.75 Å². The number of rotatable bonds is 6. The summed E-state index contributed by atoms with van der Waals surface area (Å²) in [5.74, 6) is 1.42. The minimum atomic E-state index is -0.361. The quantitative estimate of drug-likeness (QED) is 0.646. The van der Waals surface area contributed by atoms with Gasteiger partial charge in [-0.1, -0.05) is 5.16 Å². The van der Waals surface area contributed by atoms with Gasteiger partial charge in [0.05, 0.1) is 18.4 Å². The van der Waals surface area contributed by atoms with Crippen molar-refractivity contribution < 1.29 is 23.2 Å². The molecule has 0 N–H and O–H groups in total. The monoisotopic (exact) mass is 314 g/mol. The van der Waals surface area contributed by atoms with Gasteiger partial charge in [-0.05, 0) is 43.3 Å². The highest BCUT2D eigenvalue weighted by molar-refractivity contribution is 5.89. The van der Waals surface area contributed by atoms with Crippen molar-refractivity contribution in [2.24, 2.45) is 0 Å². The van der Waals surface area contributed by atoms with Crippen LogP contribution in [-0.2, 0) is 11.3 Å². The van der Waals surface area contributed by atoms with Gasteiger partial charge in [0.2, 0.25) is 5.82 Å². The number of carbonyl (C=O) groups excluding carboxylic acids is 1. The van der Waals surface area contributed by atoms with Crippen LogP contribution in [-0.4, -0.2) is 22.7 Å². The molecule has 0 amide bonds. The topological polar surface area (TPSA) is 87.6 Å². The molecular formula is C16H14N2O5. The molecule has 3 aromatic rings. The Kier molecular flexibility index (Phi) is 4.37. The molecule has 0 saturated carbocycles. The average Bonchev–Trinajstić information content (AvgIpc) is 3.25. The lowest BCUT2D eigenvalue weighted by molar-refractivity contribution is 0.0526. The van der Waals surface area contributed by atoms with E-state index in [-0.39, 0.29) is 12.6 Å². The molecule has 0 bridgehead atoms. The normalized spacial score (nSPS) is 10.5. The fourth-order valence-corrected chi connectivity index (χ4v) is 1.86. The van der Waals surface area contributed by atoms with Crippen LogP contribution in [0.3, 0.4) is 0 Å². The molecule has 0 spiro atoms. The van der Waals surface area contributed by atoms with E-state index in [0.29, 0.717) is 35.4 Å². The molecule has 1 aromatic carbocycles. The summed E-state index contributed by atoms with van der Waals surface area (Å²) in [6.45, 7) is 2.24. The molecule has 2 heterocycles.